The van der Waals surface area contributed by atoms with Crippen molar-refractivity contribution in [3.05, 3.63) is 44.6 Å². The molecule has 1 aromatic heterocycles. The highest BCUT2D eigenvalue weighted by Crippen LogP contribution is 2.30. The van der Waals surface area contributed by atoms with Crippen molar-refractivity contribution in [2.75, 3.05) is 5.32 Å². The number of hydrogen-bond donors (Lipinski definition) is 1. The molecule has 1 N–H and O–H groups in total. The molecule has 0 atom stereocenters. The number of hydrogen-bond acceptors (Lipinski definition) is 3. The number of anilines is 2. The van der Waals surface area contributed by atoms with Crippen molar-refractivity contribution in [3.8, 4) is 0 Å². The van der Waals surface area contributed by atoms with Crippen LogP contribution in [0.5, 0.6) is 0 Å². The summed E-state index contributed by atoms with van der Waals surface area (Å²) in [6.45, 7) is 2.02. The number of halogens is 3. The Bertz CT molecular complexity index is 560. The Labute approximate surface area is 117 Å². The fraction of sp³-hybridized carbons (Fsp3) is 0.0909. The maximum atomic E-state index is 5.92. The van der Waals surface area contributed by atoms with E-state index in [1.807, 2.05) is 25.1 Å². The number of nitrogens with zero attached hydrogens (tertiary/aromatic N) is 2. The molecule has 3 nitrogen and oxygen atoms in total. The van der Waals surface area contributed by atoms with Gasteiger partial charge in [-0.3, -0.25) is 0 Å². The zero-order valence-electron chi connectivity index (χ0n) is 8.84. The van der Waals surface area contributed by atoms with Gasteiger partial charge in [0, 0.05) is 10.5 Å². The minimum absolute atomic E-state index is 0.280. The van der Waals surface area contributed by atoms with Gasteiger partial charge in [0.15, 0.2) is 10.3 Å². The minimum Gasteiger partial charge on any atom is -0.352 e. The normalized spacial score (nSPS) is 10.4. The maximum Gasteiger partial charge on any atom is 0.175 e. The van der Waals surface area contributed by atoms with Crippen LogP contribution in [0.4, 0.5) is 11.4 Å². The molecule has 0 amide bonds. The van der Waals surface area contributed by atoms with E-state index in [0.717, 1.165) is 10.2 Å². The first kappa shape index (κ1) is 12.6. The highest BCUT2D eigenvalue weighted by Gasteiger charge is 2.06. The molecule has 0 radical (unpaired) electrons. The molecule has 1 heterocycles. The lowest BCUT2D eigenvalue weighted by molar-refractivity contribution is 1.03. The number of rotatable bonds is 2. The number of aryl methyl sites for hydroxylation is 1. The number of benzene rings is 1. The molecule has 1 aromatic carbocycles. The smallest absolute Gasteiger partial charge is 0.175 e. The predicted molar refractivity (Wildman–Crippen MR) is 74.2 cm³/mol. The van der Waals surface area contributed by atoms with Crippen molar-refractivity contribution < 1.29 is 0 Å². The standard InChI is InChI=1S/C11H8BrCl2N3/c1-6-2-3-8(7(12)4-6)15-9-5-10(13)16-17-11(9)14/h2-5H,1H3,(H,15,16). The van der Waals surface area contributed by atoms with Crippen molar-refractivity contribution in [2.24, 2.45) is 0 Å². The van der Waals surface area contributed by atoms with E-state index in [1.54, 1.807) is 6.07 Å². The summed E-state index contributed by atoms with van der Waals surface area (Å²) < 4.78 is 0.946. The lowest BCUT2D eigenvalue weighted by atomic mass is 10.2. The first-order chi connectivity index (χ1) is 8.06. The second-order valence-electron chi connectivity index (χ2n) is 3.48. The molecule has 88 valence electrons. The van der Waals surface area contributed by atoms with Gasteiger partial charge < -0.3 is 5.32 Å². The molecular weight excluding hydrogens is 325 g/mol. The Morgan fingerprint density at radius 2 is 1.88 bits per heavy atom. The van der Waals surface area contributed by atoms with E-state index in [9.17, 15) is 0 Å². The van der Waals surface area contributed by atoms with Crippen molar-refractivity contribution in [2.45, 2.75) is 6.92 Å². The number of nitrogens with one attached hydrogen (secondary N) is 1. The third-order valence-corrected chi connectivity index (χ3v) is 3.23. The fourth-order valence-electron chi connectivity index (χ4n) is 1.31. The van der Waals surface area contributed by atoms with Crippen LogP contribution in [-0.4, -0.2) is 10.2 Å². The summed E-state index contributed by atoms with van der Waals surface area (Å²) in [5.41, 5.74) is 2.68. The quantitative estimate of drug-likeness (QED) is 0.873. The van der Waals surface area contributed by atoms with Crippen LogP contribution in [0.15, 0.2) is 28.7 Å². The highest BCUT2D eigenvalue weighted by atomic mass is 79.9. The lowest BCUT2D eigenvalue weighted by Crippen LogP contribution is -1.95. The van der Waals surface area contributed by atoms with Crippen LogP contribution in [0.25, 0.3) is 0 Å². The van der Waals surface area contributed by atoms with Gasteiger partial charge in [-0.2, -0.15) is 0 Å². The molecule has 0 saturated carbocycles. The van der Waals surface area contributed by atoms with Crippen molar-refractivity contribution in [1.29, 1.82) is 0 Å². The third-order valence-electron chi connectivity index (χ3n) is 2.11. The molecule has 0 aliphatic heterocycles. The second kappa shape index (κ2) is 5.21. The second-order valence-corrected chi connectivity index (χ2v) is 5.08. The van der Waals surface area contributed by atoms with E-state index < -0.39 is 0 Å². The van der Waals surface area contributed by atoms with E-state index in [-0.39, 0.29) is 5.15 Å². The zero-order chi connectivity index (χ0) is 12.4. The fourth-order valence-corrected chi connectivity index (χ4v) is 2.19. The van der Waals surface area contributed by atoms with E-state index in [0.29, 0.717) is 10.8 Å². The molecule has 0 unspecified atom stereocenters. The highest BCUT2D eigenvalue weighted by molar-refractivity contribution is 9.10. The maximum absolute atomic E-state index is 5.92. The minimum atomic E-state index is 0.280. The summed E-state index contributed by atoms with van der Waals surface area (Å²) in [5, 5.41) is 11.1. The van der Waals surface area contributed by atoms with Gasteiger partial charge in [0.25, 0.3) is 0 Å². The molecule has 6 heteroatoms. The average molecular weight is 333 g/mol. The molecule has 0 fully saturated rings. The molecule has 0 saturated heterocycles. The van der Waals surface area contributed by atoms with Crippen molar-refractivity contribution >= 4 is 50.5 Å². The van der Waals surface area contributed by atoms with Crippen LogP contribution in [-0.2, 0) is 0 Å². The van der Waals surface area contributed by atoms with Gasteiger partial charge in [-0.1, -0.05) is 29.3 Å². The number of aromatic nitrogens is 2. The Kier molecular flexibility index (Phi) is 3.86. The summed E-state index contributed by atoms with van der Waals surface area (Å²) in [5.74, 6) is 0. The monoisotopic (exact) mass is 331 g/mol. The van der Waals surface area contributed by atoms with Gasteiger partial charge in [0.05, 0.1) is 11.4 Å². The van der Waals surface area contributed by atoms with Crippen LogP contribution in [0, 0.1) is 6.92 Å². The molecule has 2 rings (SSSR count). The van der Waals surface area contributed by atoms with Crippen LogP contribution in [0.2, 0.25) is 10.3 Å². The summed E-state index contributed by atoms with van der Waals surface area (Å²) in [7, 11) is 0. The molecule has 0 spiro atoms. The van der Waals surface area contributed by atoms with E-state index >= 15 is 0 Å². The summed E-state index contributed by atoms with van der Waals surface area (Å²) in [6.07, 6.45) is 0. The van der Waals surface area contributed by atoms with Crippen LogP contribution >= 0.6 is 39.1 Å². The summed E-state index contributed by atoms with van der Waals surface area (Å²) >= 11 is 15.2. The van der Waals surface area contributed by atoms with Gasteiger partial charge in [-0.05, 0) is 40.5 Å². The van der Waals surface area contributed by atoms with Gasteiger partial charge in [-0.25, -0.2) is 0 Å². The van der Waals surface area contributed by atoms with Crippen LogP contribution in [0.3, 0.4) is 0 Å². The van der Waals surface area contributed by atoms with Gasteiger partial charge >= 0.3 is 0 Å². The lowest BCUT2D eigenvalue weighted by Gasteiger charge is -2.10. The van der Waals surface area contributed by atoms with Crippen molar-refractivity contribution in [1.82, 2.24) is 10.2 Å². The SMILES string of the molecule is Cc1ccc(Nc2cc(Cl)nnc2Cl)c(Br)c1. The van der Waals surface area contributed by atoms with E-state index in [1.165, 1.54) is 5.56 Å². The summed E-state index contributed by atoms with van der Waals surface area (Å²) in [6, 6.07) is 7.58. The predicted octanol–water partition coefficient (Wildman–Crippen LogP) is 4.60. The summed E-state index contributed by atoms with van der Waals surface area (Å²) in [4.78, 5) is 0. The largest absolute Gasteiger partial charge is 0.352 e. The molecule has 0 bridgehead atoms. The van der Waals surface area contributed by atoms with Crippen LogP contribution < -0.4 is 5.32 Å². The van der Waals surface area contributed by atoms with Crippen molar-refractivity contribution in [3.63, 3.8) is 0 Å². The molecule has 0 aliphatic rings. The topological polar surface area (TPSA) is 37.8 Å². The average Bonchev–Trinajstić information content (AvgIpc) is 2.27. The van der Waals surface area contributed by atoms with Crippen LogP contribution in [0.1, 0.15) is 5.56 Å². The zero-order valence-corrected chi connectivity index (χ0v) is 11.9. The van der Waals surface area contributed by atoms with E-state index in [2.05, 4.69) is 31.4 Å². The third kappa shape index (κ3) is 3.09. The molecule has 0 aliphatic carbocycles. The van der Waals surface area contributed by atoms with Gasteiger partial charge in [0.1, 0.15) is 0 Å². The Balaban J connectivity index is 2.34. The molecule has 2 aromatic rings. The molecular formula is C11H8BrCl2N3. The Morgan fingerprint density at radius 1 is 1.12 bits per heavy atom. The Morgan fingerprint density at radius 3 is 2.59 bits per heavy atom. The Hall–Kier alpha value is -0.840. The van der Waals surface area contributed by atoms with Gasteiger partial charge in [0.2, 0.25) is 0 Å². The first-order valence-electron chi connectivity index (χ1n) is 4.78. The van der Waals surface area contributed by atoms with Gasteiger partial charge in [-0.15, -0.1) is 10.2 Å². The molecule has 17 heavy (non-hydrogen) atoms. The van der Waals surface area contributed by atoms with E-state index in [4.69, 9.17) is 23.2 Å². The first-order valence-corrected chi connectivity index (χ1v) is 6.33.